The molecule has 0 saturated carbocycles. The number of fused-ring (bicyclic) bond motifs is 1. The molecule has 1 amide bonds. The molecule has 6 nitrogen and oxygen atoms in total. The van der Waals surface area contributed by atoms with E-state index >= 15 is 0 Å². The van der Waals surface area contributed by atoms with E-state index in [0.717, 1.165) is 17.7 Å². The second-order valence-electron chi connectivity index (χ2n) is 5.74. The molecule has 4 rings (SSSR count). The van der Waals surface area contributed by atoms with Crippen molar-refractivity contribution in [2.24, 2.45) is 0 Å². The molecule has 1 aliphatic heterocycles. The van der Waals surface area contributed by atoms with Gasteiger partial charge in [0, 0.05) is 30.9 Å². The average molecular weight is 352 g/mol. The highest BCUT2D eigenvalue weighted by atomic mass is 32.1. The smallest absolute Gasteiger partial charge is 0.273 e. The van der Waals surface area contributed by atoms with E-state index in [-0.39, 0.29) is 5.91 Å². The summed E-state index contributed by atoms with van der Waals surface area (Å²) >= 11 is 1.41. The average Bonchev–Trinajstić information content (AvgIpc) is 3.17. The van der Waals surface area contributed by atoms with Crippen LogP contribution in [-0.2, 0) is 13.0 Å². The molecule has 0 aliphatic carbocycles. The number of nitrogens with zero attached hydrogens (tertiary/aromatic N) is 4. The SMILES string of the molecule is COc1ccc2c(c1)CCN(C(=O)c1csc(-c3cnccn3)n1)C2. The number of aromatic nitrogens is 3. The van der Waals surface area contributed by atoms with Crippen LogP contribution >= 0.6 is 11.3 Å². The van der Waals surface area contributed by atoms with Crippen molar-refractivity contribution in [3.8, 4) is 16.5 Å². The molecule has 3 heterocycles. The fourth-order valence-electron chi connectivity index (χ4n) is 2.89. The van der Waals surface area contributed by atoms with Gasteiger partial charge in [-0.3, -0.25) is 14.8 Å². The van der Waals surface area contributed by atoms with Crippen LogP contribution in [-0.4, -0.2) is 39.4 Å². The summed E-state index contributed by atoms with van der Waals surface area (Å²) in [7, 11) is 1.66. The van der Waals surface area contributed by atoms with Gasteiger partial charge < -0.3 is 9.64 Å². The Morgan fingerprint density at radius 2 is 2.20 bits per heavy atom. The lowest BCUT2D eigenvalue weighted by molar-refractivity contribution is 0.0729. The number of rotatable bonds is 3. The maximum atomic E-state index is 12.8. The molecule has 126 valence electrons. The highest BCUT2D eigenvalue weighted by molar-refractivity contribution is 7.13. The van der Waals surface area contributed by atoms with Gasteiger partial charge in [-0.1, -0.05) is 6.07 Å². The first-order valence-corrected chi connectivity index (χ1v) is 8.79. The fraction of sp³-hybridized carbons (Fsp3) is 0.222. The number of methoxy groups -OCH3 is 1. The van der Waals surface area contributed by atoms with Crippen LogP contribution in [0.2, 0.25) is 0 Å². The molecule has 2 aromatic heterocycles. The lowest BCUT2D eigenvalue weighted by Gasteiger charge is -2.28. The van der Waals surface area contributed by atoms with E-state index in [1.54, 1.807) is 31.1 Å². The van der Waals surface area contributed by atoms with E-state index in [0.29, 0.717) is 29.5 Å². The summed E-state index contributed by atoms with van der Waals surface area (Å²) in [5.41, 5.74) is 3.54. The third-order valence-electron chi connectivity index (χ3n) is 4.22. The molecule has 0 atom stereocenters. The summed E-state index contributed by atoms with van der Waals surface area (Å²) < 4.78 is 5.27. The number of benzene rings is 1. The predicted octanol–water partition coefficient (Wildman–Crippen LogP) is 2.81. The highest BCUT2D eigenvalue weighted by Gasteiger charge is 2.24. The van der Waals surface area contributed by atoms with Crippen molar-refractivity contribution in [1.82, 2.24) is 19.9 Å². The Morgan fingerprint density at radius 1 is 1.28 bits per heavy atom. The van der Waals surface area contributed by atoms with Crippen LogP contribution in [0.25, 0.3) is 10.7 Å². The Morgan fingerprint density at radius 3 is 3.00 bits per heavy atom. The first-order valence-electron chi connectivity index (χ1n) is 7.91. The molecular weight excluding hydrogens is 336 g/mol. The quantitative estimate of drug-likeness (QED) is 0.725. The first-order chi connectivity index (χ1) is 12.2. The second-order valence-corrected chi connectivity index (χ2v) is 6.60. The van der Waals surface area contributed by atoms with Gasteiger partial charge in [0.2, 0.25) is 0 Å². The molecule has 1 aromatic carbocycles. The van der Waals surface area contributed by atoms with Gasteiger partial charge in [-0.05, 0) is 29.7 Å². The van der Waals surface area contributed by atoms with E-state index in [1.807, 2.05) is 23.1 Å². The number of thiazole rings is 1. The highest BCUT2D eigenvalue weighted by Crippen LogP contribution is 2.26. The van der Waals surface area contributed by atoms with Crippen LogP contribution in [0.15, 0.2) is 42.2 Å². The van der Waals surface area contributed by atoms with E-state index in [9.17, 15) is 4.79 Å². The van der Waals surface area contributed by atoms with E-state index in [4.69, 9.17) is 4.74 Å². The minimum atomic E-state index is -0.0483. The van der Waals surface area contributed by atoms with Gasteiger partial charge in [-0.25, -0.2) is 4.98 Å². The molecular formula is C18H16N4O2S. The Kier molecular flexibility index (Phi) is 4.15. The molecule has 3 aromatic rings. The van der Waals surface area contributed by atoms with E-state index in [2.05, 4.69) is 15.0 Å². The van der Waals surface area contributed by atoms with Crippen molar-refractivity contribution >= 4 is 17.2 Å². The number of hydrogen-bond donors (Lipinski definition) is 0. The summed E-state index contributed by atoms with van der Waals surface area (Å²) in [5.74, 6) is 0.805. The van der Waals surface area contributed by atoms with E-state index in [1.165, 1.54) is 16.9 Å². The lowest BCUT2D eigenvalue weighted by atomic mass is 9.99. The van der Waals surface area contributed by atoms with Gasteiger partial charge in [0.25, 0.3) is 5.91 Å². The summed E-state index contributed by atoms with van der Waals surface area (Å²) in [6.07, 6.45) is 5.70. The van der Waals surface area contributed by atoms with E-state index < -0.39 is 0 Å². The maximum absolute atomic E-state index is 12.8. The molecule has 0 spiro atoms. The predicted molar refractivity (Wildman–Crippen MR) is 94.6 cm³/mol. The second kappa shape index (κ2) is 6.60. The van der Waals surface area contributed by atoms with Gasteiger partial charge >= 0.3 is 0 Å². The minimum absolute atomic E-state index is 0.0483. The van der Waals surface area contributed by atoms with Crippen LogP contribution in [0.1, 0.15) is 21.6 Å². The van der Waals surface area contributed by atoms with Crippen molar-refractivity contribution in [1.29, 1.82) is 0 Å². The van der Waals surface area contributed by atoms with Gasteiger partial charge in [0.15, 0.2) is 0 Å². The summed E-state index contributed by atoms with van der Waals surface area (Å²) in [6.45, 7) is 1.27. The van der Waals surface area contributed by atoms with Gasteiger partial charge in [0.1, 0.15) is 22.1 Å². The number of carbonyl (C=O) groups excluding carboxylic acids is 1. The lowest BCUT2D eigenvalue weighted by Crippen LogP contribution is -2.36. The Bertz CT molecular complexity index is 910. The fourth-order valence-corrected chi connectivity index (χ4v) is 3.64. The zero-order valence-corrected chi connectivity index (χ0v) is 14.5. The van der Waals surface area contributed by atoms with Crippen LogP contribution in [0.3, 0.4) is 0 Å². The third-order valence-corrected chi connectivity index (χ3v) is 5.08. The van der Waals surface area contributed by atoms with Crippen molar-refractivity contribution in [2.45, 2.75) is 13.0 Å². The minimum Gasteiger partial charge on any atom is -0.497 e. The monoisotopic (exact) mass is 352 g/mol. The molecule has 0 radical (unpaired) electrons. The Labute approximate surface area is 149 Å². The molecule has 25 heavy (non-hydrogen) atoms. The van der Waals surface area contributed by atoms with Crippen molar-refractivity contribution in [2.75, 3.05) is 13.7 Å². The van der Waals surface area contributed by atoms with Crippen LogP contribution in [0.5, 0.6) is 5.75 Å². The van der Waals surface area contributed by atoms with Crippen LogP contribution in [0.4, 0.5) is 0 Å². The molecule has 0 N–H and O–H groups in total. The molecule has 0 fully saturated rings. The van der Waals surface area contributed by atoms with Crippen LogP contribution in [0, 0.1) is 0 Å². The zero-order valence-electron chi connectivity index (χ0n) is 13.7. The number of hydrogen-bond acceptors (Lipinski definition) is 6. The summed E-state index contributed by atoms with van der Waals surface area (Å²) in [5, 5.41) is 2.49. The zero-order chi connectivity index (χ0) is 17.2. The number of carbonyl (C=O) groups is 1. The standard InChI is InChI=1S/C18H16N4O2S/c1-24-14-3-2-13-10-22(7-4-12(13)8-14)18(23)16-11-25-17(21-16)15-9-19-5-6-20-15/h2-3,5-6,8-9,11H,4,7,10H2,1H3. The normalized spacial score (nSPS) is 13.4. The molecule has 7 heteroatoms. The van der Waals surface area contributed by atoms with Crippen LogP contribution < -0.4 is 4.74 Å². The molecule has 0 unspecified atom stereocenters. The molecule has 0 saturated heterocycles. The van der Waals surface area contributed by atoms with Gasteiger partial charge in [0.05, 0.1) is 13.3 Å². The summed E-state index contributed by atoms with van der Waals surface area (Å²) in [4.78, 5) is 27.3. The molecule has 0 bridgehead atoms. The number of amides is 1. The Balaban J connectivity index is 1.53. The summed E-state index contributed by atoms with van der Waals surface area (Å²) in [6, 6.07) is 6.01. The number of ether oxygens (including phenoxy) is 1. The van der Waals surface area contributed by atoms with Gasteiger partial charge in [-0.2, -0.15) is 0 Å². The topological polar surface area (TPSA) is 68.2 Å². The first kappa shape index (κ1) is 15.7. The Hall–Kier alpha value is -2.80. The van der Waals surface area contributed by atoms with Crippen molar-refractivity contribution in [3.63, 3.8) is 0 Å². The van der Waals surface area contributed by atoms with Gasteiger partial charge in [-0.15, -0.1) is 11.3 Å². The maximum Gasteiger partial charge on any atom is 0.273 e. The largest absolute Gasteiger partial charge is 0.497 e. The molecule has 1 aliphatic rings. The van der Waals surface area contributed by atoms with Crippen molar-refractivity contribution < 1.29 is 9.53 Å². The third kappa shape index (κ3) is 3.10. The van der Waals surface area contributed by atoms with Crippen molar-refractivity contribution in [3.05, 3.63) is 59.0 Å².